The van der Waals surface area contributed by atoms with Crippen LogP contribution in [0.5, 0.6) is 0 Å². The second kappa shape index (κ2) is 5.24. The van der Waals surface area contributed by atoms with Crippen molar-refractivity contribution in [3.63, 3.8) is 0 Å². The van der Waals surface area contributed by atoms with Crippen LogP contribution >= 0.6 is 11.8 Å². The van der Waals surface area contributed by atoms with Gasteiger partial charge in [-0.2, -0.15) is 5.26 Å². The van der Waals surface area contributed by atoms with Crippen LogP contribution in [-0.4, -0.2) is 4.98 Å². The molecule has 0 spiro atoms. The molecule has 2 aromatic rings. The van der Waals surface area contributed by atoms with E-state index in [9.17, 15) is 0 Å². The topological polar surface area (TPSA) is 36.7 Å². The molecule has 3 heteroatoms. The third kappa shape index (κ3) is 2.91. The number of nitriles is 1. The van der Waals surface area contributed by atoms with Gasteiger partial charge >= 0.3 is 0 Å². The highest BCUT2D eigenvalue weighted by atomic mass is 32.2. The molecule has 0 aliphatic heterocycles. The fourth-order valence-corrected chi connectivity index (χ4v) is 2.90. The van der Waals surface area contributed by atoms with Crippen molar-refractivity contribution in [2.45, 2.75) is 30.7 Å². The maximum Gasteiger partial charge on any atom is 0.101 e. The first-order valence-corrected chi connectivity index (χ1v) is 6.54. The number of hydrogen-bond acceptors (Lipinski definition) is 3. The lowest BCUT2D eigenvalue weighted by molar-refractivity contribution is 1.05. The fourth-order valence-electron chi connectivity index (χ4n) is 1.78. The van der Waals surface area contributed by atoms with Crippen molar-refractivity contribution >= 4 is 11.8 Å². The van der Waals surface area contributed by atoms with Crippen molar-refractivity contribution in [3.05, 3.63) is 52.7 Å². The Bertz CT molecular complexity index is 607. The van der Waals surface area contributed by atoms with Gasteiger partial charge in [0.1, 0.15) is 11.1 Å². The summed E-state index contributed by atoms with van der Waals surface area (Å²) in [4.78, 5) is 5.46. The Kier molecular flexibility index (Phi) is 3.69. The SMILES string of the molecule is Cc1cc(C)nc(Sc2cc(C)ccc2C#N)c1. The molecule has 0 fully saturated rings. The number of rotatable bonds is 2. The fraction of sp³-hybridized carbons (Fsp3) is 0.200. The molecule has 1 aromatic heterocycles. The first-order valence-electron chi connectivity index (χ1n) is 5.72. The molecule has 0 aliphatic rings. The maximum atomic E-state index is 9.11. The van der Waals surface area contributed by atoms with E-state index in [1.807, 2.05) is 44.2 Å². The molecule has 0 atom stereocenters. The normalized spacial score (nSPS) is 10.1. The predicted molar refractivity (Wildman–Crippen MR) is 73.7 cm³/mol. The number of aryl methyl sites for hydroxylation is 3. The smallest absolute Gasteiger partial charge is 0.101 e. The molecule has 0 radical (unpaired) electrons. The lowest BCUT2D eigenvalue weighted by Crippen LogP contribution is -1.89. The molecule has 0 bridgehead atoms. The number of aromatic nitrogens is 1. The van der Waals surface area contributed by atoms with Crippen LogP contribution in [0.3, 0.4) is 0 Å². The zero-order chi connectivity index (χ0) is 13.1. The molecule has 0 saturated heterocycles. The summed E-state index contributed by atoms with van der Waals surface area (Å²) >= 11 is 1.55. The Morgan fingerprint density at radius 1 is 1.06 bits per heavy atom. The lowest BCUT2D eigenvalue weighted by Gasteiger charge is -2.06. The van der Waals surface area contributed by atoms with Gasteiger partial charge in [-0.05, 0) is 56.2 Å². The average Bonchev–Trinajstić information content (AvgIpc) is 2.27. The van der Waals surface area contributed by atoms with E-state index in [0.717, 1.165) is 21.2 Å². The summed E-state index contributed by atoms with van der Waals surface area (Å²) in [5.74, 6) is 0. The molecule has 90 valence electrons. The van der Waals surface area contributed by atoms with E-state index in [0.29, 0.717) is 5.56 Å². The van der Waals surface area contributed by atoms with Gasteiger partial charge in [-0.15, -0.1) is 0 Å². The van der Waals surface area contributed by atoms with E-state index in [-0.39, 0.29) is 0 Å². The Labute approximate surface area is 112 Å². The molecule has 18 heavy (non-hydrogen) atoms. The van der Waals surface area contributed by atoms with Crippen LogP contribution in [-0.2, 0) is 0 Å². The minimum atomic E-state index is 0.701. The monoisotopic (exact) mass is 254 g/mol. The van der Waals surface area contributed by atoms with Crippen molar-refractivity contribution in [3.8, 4) is 6.07 Å². The molecule has 2 rings (SSSR count). The van der Waals surface area contributed by atoms with Gasteiger partial charge < -0.3 is 0 Å². The van der Waals surface area contributed by atoms with Crippen molar-refractivity contribution in [2.75, 3.05) is 0 Å². The van der Waals surface area contributed by atoms with Crippen LogP contribution in [0, 0.1) is 32.1 Å². The first kappa shape index (κ1) is 12.7. The van der Waals surface area contributed by atoms with Gasteiger partial charge in [0.05, 0.1) is 5.56 Å². The van der Waals surface area contributed by atoms with Crippen LogP contribution in [0.15, 0.2) is 40.3 Å². The zero-order valence-corrected chi connectivity index (χ0v) is 11.5. The quantitative estimate of drug-likeness (QED) is 0.812. The van der Waals surface area contributed by atoms with Crippen molar-refractivity contribution in [1.29, 1.82) is 5.26 Å². The summed E-state index contributed by atoms with van der Waals surface area (Å²) in [5, 5.41) is 10.1. The van der Waals surface area contributed by atoms with E-state index in [1.54, 1.807) is 11.8 Å². The number of hydrogen-bond donors (Lipinski definition) is 0. The highest BCUT2D eigenvalue weighted by molar-refractivity contribution is 7.99. The highest BCUT2D eigenvalue weighted by Crippen LogP contribution is 2.30. The van der Waals surface area contributed by atoms with Gasteiger partial charge in [-0.3, -0.25) is 0 Å². The molecule has 1 heterocycles. The standard InChI is InChI=1S/C15H14N2S/c1-10-4-5-13(9-16)14(7-10)18-15-8-11(2)6-12(3)17-15/h4-8H,1-3H3. The highest BCUT2D eigenvalue weighted by Gasteiger charge is 2.06. The van der Waals surface area contributed by atoms with E-state index in [4.69, 9.17) is 5.26 Å². The first-order chi connectivity index (χ1) is 8.58. The van der Waals surface area contributed by atoms with Gasteiger partial charge in [0.25, 0.3) is 0 Å². The van der Waals surface area contributed by atoms with Crippen LogP contribution in [0.25, 0.3) is 0 Å². The van der Waals surface area contributed by atoms with E-state index < -0.39 is 0 Å². The number of pyridine rings is 1. The number of benzene rings is 1. The molecular weight excluding hydrogens is 240 g/mol. The Morgan fingerprint density at radius 3 is 2.50 bits per heavy atom. The Morgan fingerprint density at radius 2 is 1.83 bits per heavy atom. The molecule has 0 unspecified atom stereocenters. The Balaban J connectivity index is 2.39. The zero-order valence-electron chi connectivity index (χ0n) is 10.7. The predicted octanol–water partition coefficient (Wildman–Crippen LogP) is 4.03. The van der Waals surface area contributed by atoms with Gasteiger partial charge in [0.15, 0.2) is 0 Å². The van der Waals surface area contributed by atoms with Crippen LogP contribution in [0.2, 0.25) is 0 Å². The van der Waals surface area contributed by atoms with Crippen LogP contribution in [0.4, 0.5) is 0 Å². The minimum absolute atomic E-state index is 0.701. The van der Waals surface area contributed by atoms with Crippen LogP contribution in [0.1, 0.15) is 22.4 Å². The maximum absolute atomic E-state index is 9.11. The third-order valence-corrected chi connectivity index (χ3v) is 3.52. The second-order valence-corrected chi connectivity index (χ2v) is 5.40. The summed E-state index contributed by atoms with van der Waals surface area (Å²) in [6.45, 7) is 6.07. The minimum Gasteiger partial charge on any atom is -0.246 e. The molecular formula is C15H14N2S. The van der Waals surface area contributed by atoms with E-state index in [1.165, 1.54) is 5.56 Å². The van der Waals surface area contributed by atoms with Gasteiger partial charge in [0, 0.05) is 10.6 Å². The van der Waals surface area contributed by atoms with Crippen molar-refractivity contribution in [1.82, 2.24) is 4.98 Å². The van der Waals surface area contributed by atoms with E-state index >= 15 is 0 Å². The molecule has 0 saturated carbocycles. The summed E-state index contributed by atoms with van der Waals surface area (Å²) in [7, 11) is 0. The van der Waals surface area contributed by atoms with E-state index in [2.05, 4.69) is 18.0 Å². The summed E-state index contributed by atoms with van der Waals surface area (Å²) in [5.41, 5.74) is 4.05. The number of nitrogens with zero attached hydrogens (tertiary/aromatic N) is 2. The van der Waals surface area contributed by atoms with Gasteiger partial charge in [0.2, 0.25) is 0 Å². The second-order valence-electron chi connectivity index (χ2n) is 4.34. The van der Waals surface area contributed by atoms with Crippen molar-refractivity contribution < 1.29 is 0 Å². The van der Waals surface area contributed by atoms with Gasteiger partial charge in [-0.1, -0.05) is 17.8 Å². The molecule has 0 N–H and O–H groups in total. The Hall–Kier alpha value is -1.79. The van der Waals surface area contributed by atoms with Gasteiger partial charge in [-0.25, -0.2) is 4.98 Å². The summed E-state index contributed by atoms with van der Waals surface area (Å²) < 4.78 is 0. The lowest BCUT2D eigenvalue weighted by atomic mass is 10.2. The summed E-state index contributed by atoms with van der Waals surface area (Å²) in [6, 6.07) is 12.2. The molecule has 1 aromatic carbocycles. The molecule has 0 aliphatic carbocycles. The summed E-state index contributed by atoms with van der Waals surface area (Å²) in [6.07, 6.45) is 0. The van der Waals surface area contributed by atoms with Crippen LogP contribution < -0.4 is 0 Å². The van der Waals surface area contributed by atoms with Crippen molar-refractivity contribution in [2.24, 2.45) is 0 Å². The average molecular weight is 254 g/mol. The largest absolute Gasteiger partial charge is 0.246 e. The third-order valence-electron chi connectivity index (χ3n) is 2.55. The molecule has 2 nitrogen and oxygen atoms in total. The molecule has 0 amide bonds.